The summed E-state index contributed by atoms with van der Waals surface area (Å²) in [5.41, 5.74) is 0.468. The van der Waals surface area contributed by atoms with Crippen molar-refractivity contribution in [2.75, 3.05) is 0 Å². The Hall–Kier alpha value is -0.300. The molecule has 1 heteroatoms. The summed E-state index contributed by atoms with van der Waals surface area (Å²) in [5, 5.41) is 0. The molecule has 0 unspecified atom stereocenters. The third kappa shape index (κ3) is 3.15. The normalized spacial score (nSPS) is 12.0. The molecule has 0 saturated carbocycles. The van der Waals surface area contributed by atoms with Crippen LogP contribution < -0.4 is 0 Å². The van der Waals surface area contributed by atoms with Gasteiger partial charge in [0, 0.05) is 9.75 Å². The molecule has 0 saturated heterocycles. The van der Waals surface area contributed by atoms with Crippen molar-refractivity contribution in [2.24, 2.45) is 5.41 Å². The van der Waals surface area contributed by atoms with Gasteiger partial charge in [0.25, 0.3) is 0 Å². The third-order valence-electron chi connectivity index (χ3n) is 2.68. The minimum absolute atomic E-state index is 0.468. The molecule has 0 spiro atoms. The molecule has 1 aromatic rings. The van der Waals surface area contributed by atoms with Gasteiger partial charge >= 0.3 is 0 Å². The van der Waals surface area contributed by atoms with E-state index in [1.54, 1.807) is 4.88 Å². The fourth-order valence-corrected chi connectivity index (χ4v) is 2.52. The Morgan fingerprint density at radius 1 is 1.15 bits per heavy atom. The molecule has 13 heavy (non-hydrogen) atoms. The molecule has 1 aromatic heterocycles. The lowest BCUT2D eigenvalue weighted by Gasteiger charge is -2.21. The predicted molar refractivity (Wildman–Crippen MR) is 61.5 cm³/mol. The zero-order valence-electron chi connectivity index (χ0n) is 9.18. The summed E-state index contributed by atoms with van der Waals surface area (Å²) in [7, 11) is 0. The van der Waals surface area contributed by atoms with Gasteiger partial charge in [-0.15, -0.1) is 11.3 Å². The van der Waals surface area contributed by atoms with Crippen LogP contribution in [0.4, 0.5) is 0 Å². The molecular weight excluding hydrogens is 176 g/mol. The summed E-state index contributed by atoms with van der Waals surface area (Å²) in [6, 6.07) is 4.56. The third-order valence-corrected chi connectivity index (χ3v) is 3.91. The van der Waals surface area contributed by atoms with Crippen molar-refractivity contribution in [1.82, 2.24) is 0 Å². The molecule has 0 radical (unpaired) electrons. The number of hydrogen-bond donors (Lipinski definition) is 0. The van der Waals surface area contributed by atoms with E-state index in [2.05, 4.69) is 39.8 Å². The minimum Gasteiger partial charge on any atom is -0.145 e. The van der Waals surface area contributed by atoms with Crippen molar-refractivity contribution in [3.8, 4) is 0 Å². The van der Waals surface area contributed by atoms with E-state index >= 15 is 0 Å². The highest BCUT2D eigenvalue weighted by molar-refractivity contribution is 7.11. The second-order valence-electron chi connectivity index (χ2n) is 4.42. The van der Waals surface area contributed by atoms with Gasteiger partial charge in [-0.3, -0.25) is 0 Å². The topological polar surface area (TPSA) is 0 Å². The van der Waals surface area contributed by atoms with E-state index in [1.807, 2.05) is 11.3 Å². The van der Waals surface area contributed by atoms with Crippen molar-refractivity contribution in [2.45, 2.75) is 47.0 Å². The molecule has 0 N–H and O–H groups in total. The number of rotatable bonds is 4. The summed E-state index contributed by atoms with van der Waals surface area (Å²) in [6.45, 7) is 9.19. The van der Waals surface area contributed by atoms with Crippen molar-refractivity contribution in [3.63, 3.8) is 0 Å². The average molecular weight is 196 g/mol. The SMILES string of the molecule is CCc1ccc(CC(C)(C)CC)s1. The van der Waals surface area contributed by atoms with Crippen molar-refractivity contribution < 1.29 is 0 Å². The van der Waals surface area contributed by atoms with E-state index in [-0.39, 0.29) is 0 Å². The first-order chi connectivity index (χ1) is 6.07. The van der Waals surface area contributed by atoms with Gasteiger partial charge in [-0.05, 0) is 30.4 Å². The van der Waals surface area contributed by atoms with Crippen LogP contribution >= 0.6 is 11.3 Å². The van der Waals surface area contributed by atoms with Crippen LogP contribution in [0.1, 0.15) is 43.9 Å². The number of hydrogen-bond acceptors (Lipinski definition) is 1. The number of thiophene rings is 1. The molecule has 0 aliphatic rings. The first-order valence-corrected chi connectivity index (χ1v) is 5.96. The van der Waals surface area contributed by atoms with Crippen LogP contribution in [0, 0.1) is 5.41 Å². The Morgan fingerprint density at radius 3 is 2.23 bits per heavy atom. The monoisotopic (exact) mass is 196 g/mol. The minimum atomic E-state index is 0.468. The van der Waals surface area contributed by atoms with Crippen LogP contribution in [0.25, 0.3) is 0 Å². The van der Waals surface area contributed by atoms with Crippen molar-refractivity contribution in [1.29, 1.82) is 0 Å². The molecule has 0 fully saturated rings. The molecule has 0 aliphatic carbocycles. The fourth-order valence-electron chi connectivity index (χ4n) is 1.30. The van der Waals surface area contributed by atoms with E-state index in [4.69, 9.17) is 0 Å². The van der Waals surface area contributed by atoms with E-state index in [9.17, 15) is 0 Å². The molecule has 0 nitrogen and oxygen atoms in total. The van der Waals surface area contributed by atoms with E-state index < -0.39 is 0 Å². The van der Waals surface area contributed by atoms with Gasteiger partial charge in [0.2, 0.25) is 0 Å². The first-order valence-electron chi connectivity index (χ1n) is 5.15. The maximum Gasteiger partial charge on any atom is 0.00534 e. The molecule has 0 aromatic carbocycles. The van der Waals surface area contributed by atoms with E-state index in [1.165, 1.54) is 24.1 Å². The Kier molecular flexibility index (Phi) is 3.55. The Balaban J connectivity index is 2.63. The smallest absolute Gasteiger partial charge is 0.00534 e. The maximum atomic E-state index is 2.35. The van der Waals surface area contributed by atoms with Crippen molar-refractivity contribution in [3.05, 3.63) is 21.9 Å². The fraction of sp³-hybridized carbons (Fsp3) is 0.667. The van der Waals surface area contributed by atoms with Crippen LogP contribution in [0.3, 0.4) is 0 Å². The second kappa shape index (κ2) is 4.28. The Morgan fingerprint density at radius 2 is 1.77 bits per heavy atom. The van der Waals surface area contributed by atoms with Crippen molar-refractivity contribution >= 4 is 11.3 Å². The van der Waals surface area contributed by atoms with Crippen LogP contribution in [0.5, 0.6) is 0 Å². The maximum absolute atomic E-state index is 2.35. The average Bonchev–Trinajstić information content (AvgIpc) is 2.52. The molecule has 0 atom stereocenters. The lowest BCUT2D eigenvalue weighted by Crippen LogP contribution is -2.12. The molecule has 1 heterocycles. The zero-order valence-corrected chi connectivity index (χ0v) is 10.0. The lowest BCUT2D eigenvalue weighted by molar-refractivity contribution is 0.352. The largest absolute Gasteiger partial charge is 0.145 e. The summed E-state index contributed by atoms with van der Waals surface area (Å²) in [4.78, 5) is 3.06. The second-order valence-corrected chi connectivity index (χ2v) is 5.67. The predicted octanol–water partition coefficient (Wildman–Crippen LogP) is 4.29. The quantitative estimate of drug-likeness (QED) is 0.674. The standard InChI is InChI=1S/C12H20S/c1-5-10-7-8-11(13-10)9-12(3,4)6-2/h7-8H,5-6,9H2,1-4H3. The van der Waals surface area contributed by atoms with Crippen LogP contribution in [0.15, 0.2) is 12.1 Å². The highest BCUT2D eigenvalue weighted by atomic mass is 32.1. The Labute approximate surface area is 86.0 Å². The molecule has 1 rings (SSSR count). The first kappa shape index (κ1) is 10.8. The molecule has 0 bridgehead atoms. The van der Waals surface area contributed by atoms with Gasteiger partial charge in [-0.2, -0.15) is 0 Å². The summed E-state index contributed by atoms with van der Waals surface area (Å²) < 4.78 is 0. The molecule has 0 aliphatic heterocycles. The lowest BCUT2D eigenvalue weighted by atomic mass is 9.86. The summed E-state index contributed by atoms with van der Waals surface area (Å²) in [5.74, 6) is 0. The van der Waals surface area contributed by atoms with Gasteiger partial charge in [-0.25, -0.2) is 0 Å². The molecule has 74 valence electrons. The van der Waals surface area contributed by atoms with Crippen LogP contribution in [0.2, 0.25) is 0 Å². The van der Waals surface area contributed by atoms with Gasteiger partial charge in [0.05, 0.1) is 0 Å². The Bertz CT molecular complexity index is 258. The van der Waals surface area contributed by atoms with Gasteiger partial charge in [-0.1, -0.05) is 34.1 Å². The van der Waals surface area contributed by atoms with Gasteiger partial charge < -0.3 is 0 Å². The molecule has 0 amide bonds. The highest BCUT2D eigenvalue weighted by Crippen LogP contribution is 2.29. The van der Waals surface area contributed by atoms with Gasteiger partial charge in [0.1, 0.15) is 0 Å². The van der Waals surface area contributed by atoms with E-state index in [0.717, 1.165) is 0 Å². The molecular formula is C12H20S. The highest BCUT2D eigenvalue weighted by Gasteiger charge is 2.16. The van der Waals surface area contributed by atoms with Gasteiger partial charge in [0.15, 0.2) is 0 Å². The zero-order chi connectivity index (χ0) is 9.90. The summed E-state index contributed by atoms with van der Waals surface area (Å²) in [6.07, 6.45) is 3.66. The number of aryl methyl sites for hydroxylation is 1. The van der Waals surface area contributed by atoms with Crippen LogP contribution in [-0.4, -0.2) is 0 Å². The summed E-state index contributed by atoms with van der Waals surface area (Å²) >= 11 is 1.98. The van der Waals surface area contributed by atoms with Crippen LogP contribution in [-0.2, 0) is 12.8 Å². The van der Waals surface area contributed by atoms with E-state index in [0.29, 0.717) is 5.41 Å².